The SMILES string of the molecule is CCC1CCC(Nc2ccc(Cl)c(Cl)c2)C1. The van der Waals surface area contributed by atoms with E-state index in [1.165, 1.54) is 25.7 Å². The maximum Gasteiger partial charge on any atom is 0.0612 e. The minimum atomic E-state index is 0.599. The van der Waals surface area contributed by atoms with Gasteiger partial charge < -0.3 is 5.32 Å². The van der Waals surface area contributed by atoms with E-state index in [4.69, 9.17) is 23.2 Å². The molecule has 1 aromatic carbocycles. The quantitative estimate of drug-likeness (QED) is 0.805. The third kappa shape index (κ3) is 2.83. The molecule has 0 heterocycles. The van der Waals surface area contributed by atoms with Gasteiger partial charge in [-0.1, -0.05) is 36.5 Å². The van der Waals surface area contributed by atoms with Crippen LogP contribution in [0.2, 0.25) is 10.0 Å². The Bertz CT molecular complexity index is 365. The van der Waals surface area contributed by atoms with Crippen LogP contribution in [0.15, 0.2) is 18.2 Å². The molecular weight excluding hydrogens is 241 g/mol. The lowest BCUT2D eigenvalue weighted by Gasteiger charge is -2.14. The fraction of sp³-hybridized carbons (Fsp3) is 0.538. The van der Waals surface area contributed by atoms with Crippen molar-refractivity contribution in [3.63, 3.8) is 0 Å². The molecule has 3 heteroatoms. The summed E-state index contributed by atoms with van der Waals surface area (Å²) in [6.45, 7) is 2.27. The van der Waals surface area contributed by atoms with Crippen LogP contribution in [0.1, 0.15) is 32.6 Å². The Morgan fingerprint density at radius 1 is 1.25 bits per heavy atom. The standard InChI is InChI=1S/C13H17Cl2N/c1-2-9-3-4-10(7-9)16-11-5-6-12(14)13(15)8-11/h5-6,8-10,16H,2-4,7H2,1H3. The molecule has 1 saturated carbocycles. The molecule has 0 aliphatic heterocycles. The predicted octanol–water partition coefficient (Wildman–Crippen LogP) is 4.98. The highest BCUT2D eigenvalue weighted by Crippen LogP contribution is 2.31. The van der Waals surface area contributed by atoms with Gasteiger partial charge in [-0.25, -0.2) is 0 Å². The van der Waals surface area contributed by atoms with E-state index in [9.17, 15) is 0 Å². The van der Waals surface area contributed by atoms with Gasteiger partial charge in [0, 0.05) is 11.7 Å². The Kier molecular flexibility index (Phi) is 3.99. The van der Waals surface area contributed by atoms with E-state index in [1.807, 2.05) is 18.2 Å². The molecule has 0 spiro atoms. The molecule has 0 saturated heterocycles. The zero-order valence-electron chi connectivity index (χ0n) is 9.47. The van der Waals surface area contributed by atoms with Crippen LogP contribution < -0.4 is 5.32 Å². The molecule has 1 fully saturated rings. The molecule has 2 rings (SSSR count). The molecule has 1 aliphatic rings. The summed E-state index contributed by atoms with van der Waals surface area (Å²) in [5.74, 6) is 0.889. The van der Waals surface area contributed by atoms with Crippen molar-refractivity contribution in [1.82, 2.24) is 0 Å². The second-order valence-electron chi connectivity index (χ2n) is 4.56. The molecule has 1 N–H and O–H groups in total. The van der Waals surface area contributed by atoms with Crippen molar-refractivity contribution < 1.29 is 0 Å². The van der Waals surface area contributed by atoms with Gasteiger partial charge in [0.2, 0.25) is 0 Å². The number of hydrogen-bond acceptors (Lipinski definition) is 1. The maximum atomic E-state index is 5.98. The first-order chi connectivity index (χ1) is 7.69. The highest BCUT2D eigenvalue weighted by molar-refractivity contribution is 6.42. The van der Waals surface area contributed by atoms with Gasteiger partial charge in [0.15, 0.2) is 0 Å². The summed E-state index contributed by atoms with van der Waals surface area (Å²) >= 11 is 11.9. The van der Waals surface area contributed by atoms with Crippen molar-refractivity contribution in [2.75, 3.05) is 5.32 Å². The van der Waals surface area contributed by atoms with Crippen LogP contribution in [0.25, 0.3) is 0 Å². The zero-order valence-corrected chi connectivity index (χ0v) is 11.0. The smallest absolute Gasteiger partial charge is 0.0612 e. The second-order valence-corrected chi connectivity index (χ2v) is 5.37. The van der Waals surface area contributed by atoms with Crippen molar-refractivity contribution in [1.29, 1.82) is 0 Å². The molecule has 0 amide bonds. The molecule has 2 unspecified atom stereocenters. The van der Waals surface area contributed by atoms with Crippen LogP contribution in [0, 0.1) is 5.92 Å². The van der Waals surface area contributed by atoms with Crippen LogP contribution in [0.3, 0.4) is 0 Å². The number of anilines is 1. The molecule has 1 aliphatic carbocycles. The van der Waals surface area contributed by atoms with E-state index in [0.29, 0.717) is 16.1 Å². The zero-order chi connectivity index (χ0) is 11.5. The molecule has 2 atom stereocenters. The van der Waals surface area contributed by atoms with E-state index in [0.717, 1.165) is 11.6 Å². The Morgan fingerprint density at radius 2 is 2.06 bits per heavy atom. The Hall–Kier alpha value is -0.400. The topological polar surface area (TPSA) is 12.0 Å². The Morgan fingerprint density at radius 3 is 2.69 bits per heavy atom. The highest BCUT2D eigenvalue weighted by atomic mass is 35.5. The third-order valence-electron chi connectivity index (χ3n) is 3.41. The first-order valence-corrected chi connectivity index (χ1v) is 6.66. The summed E-state index contributed by atoms with van der Waals surface area (Å²) < 4.78 is 0. The molecule has 0 aromatic heterocycles. The van der Waals surface area contributed by atoms with Crippen LogP contribution >= 0.6 is 23.2 Å². The fourth-order valence-electron chi connectivity index (χ4n) is 2.40. The van der Waals surface area contributed by atoms with Crippen molar-refractivity contribution in [3.8, 4) is 0 Å². The monoisotopic (exact) mass is 257 g/mol. The first-order valence-electron chi connectivity index (χ1n) is 5.90. The number of hydrogen-bond donors (Lipinski definition) is 1. The van der Waals surface area contributed by atoms with E-state index in [1.54, 1.807) is 0 Å². The van der Waals surface area contributed by atoms with Crippen molar-refractivity contribution in [2.45, 2.75) is 38.6 Å². The lowest BCUT2D eigenvalue weighted by atomic mass is 10.1. The Labute approximate surface area is 107 Å². The second kappa shape index (κ2) is 5.29. The Balaban J connectivity index is 1.97. The fourth-order valence-corrected chi connectivity index (χ4v) is 2.70. The van der Waals surface area contributed by atoms with Crippen LogP contribution in [0.4, 0.5) is 5.69 Å². The number of halogens is 2. The van der Waals surface area contributed by atoms with Gasteiger partial charge in [-0.15, -0.1) is 0 Å². The first kappa shape index (κ1) is 12.1. The lowest BCUT2D eigenvalue weighted by molar-refractivity contribution is 0.525. The van der Waals surface area contributed by atoms with Crippen LogP contribution in [-0.2, 0) is 0 Å². The van der Waals surface area contributed by atoms with Crippen LogP contribution in [0.5, 0.6) is 0 Å². The summed E-state index contributed by atoms with van der Waals surface area (Å²) in [6, 6.07) is 6.34. The predicted molar refractivity (Wildman–Crippen MR) is 71.5 cm³/mol. The van der Waals surface area contributed by atoms with Crippen molar-refractivity contribution in [2.24, 2.45) is 5.92 Å². The van der Waals surface area contributed by atoms with Gasteiger partial charge >= 0.3 is 0 Å². The van der Waals surface area contributed by atoms with Gasteiger partial charge in [0.25, 0.3) is 0 Å². The molecule has 1 nitrogen and oxygen atoms in total. The minimum absolute atomic E-state index is 0.599. The van der Waals surface area contributed by atoms with Crippen molar-refractivity contribution >= 4 is 28.9 Å². The molecule has 0 bridgehead atoms. The molecule has 88 valence electrons. The summed E-state index contributed by atoms with van der Waals surface area (Å²) in [6.07, 6.45) is 5.17. The third-order valence-corrected chi connectivity index (χ3v) is 4.15. The van der Waals surface area contributed by atoms with E-state index in [-0.39, 0.29) is 0 Å². The highest BCUT2D eigenvalue weighted by Gasteiger charge is 2.22. The summed E-state index contributed by atoms with van der Waals surface area (Å²) in [4.78, 5) is 0. The summed E-state index contributed by atoms with van der Waals surface area (Å²) in [5, 5.41) is 4.77. The largest absolute Gasteiger partial charge is 0.382 e. The van der Waals surface area contributed by atoms with Gasteiger partial charge in [-0.3, -0.25) is 0 Å². The number of rotatable bonds is 3. The average molecular weight is 258 g/mol. The summed E-state index contributed by atoms with van der Waals surface area (Å²) in [7, 11) is 0. The van der Waals surface area contributed by atoms with E-state index < -0.39 is 0 Å². The van der Waals surface area contributed by atoms with Gasteiger partial charge in [-0.2, -0.15) is 0 Å². The average Bonchev–Trinajstić information content (AvgIpc) is 2.71. The molecular formula is C13H17Cl2N. The summed E-state index contributed by atoms with van der Waals surface area (Å²) in [5.41, 5.74) is 1.08. The van der Waals surface area contributed by atoms with Gasteiger partial charge in [0.05, 0.1) is 10.0 Å². The van der Waals surface area contributed by atoms with Crippen LogP contribution in [-0.4, -0.2) is 6.04 Å². The normalized spacial score (nSPS) is 24.7. The molecule has 16 heavy (non-hydrogen) atoms. The van der Waals surface area contributed by atoms with Gasteiger partial charge in [-0.05, 0) is 43.4 Å². The van der Waals surface area contributed by atoms with E-state index in [2.05, 4.69) is 12.2 Å². The minimum Gasteiger partial charge on any atom is -0.382 e. The molecule has 1 aromatic rings. The van der Waals surface area contributed by atoms with Gasteiger partial charge in [0.1, 0.15) is 0 Å². The lowest BCUT2D eigenvalue weighted by Crippen LogP contribution is -2.15. The van der Waals surface area contributed by atoms with Crippen molar-refractivity contribution in [3.05, 3.63) is 28.2 Å². The number of benzene rings is 1. The maximum absolute atomic E-state index is 5.98. The number of nitrogens with one attached hydrogen (secondary N) is 1. The molecule has 0 radical (unpaired) electrons. The van der Waals surface area contributed by atoms with E-state index >= 15 is 0 Å².